The molecule has 1 rings (SSSR count). The Morgan fingerprint density at radius 1 is 1.42 bits per heavy atom. The lowest BCUT2D eigenvalue weighted by Crippen LogP contribution is -2.23. The molecule has 1 heterocycles. The molecule has 0 aromatic carbocycles. The van der Waals surface area contributed by atoms with E-state index in [1.54, 1.807) is 32.5 Å². The topological polar surface area (TPSA) is 75.2 Å². The Hall–Kier alpha value is -1.50. The molecule has 1 aromatic heterocycles. The van der Waals surface area contributed by atoms with Gasteiger partial charge in [0.1, 0.15) is 5.82 Å². The van der Waals surface area contributed by atoms with Crippen LogP contribution in [-0.2, 0) is 10.8 Å². The fraction of sp³-hybridized carbons (Fsp3) is 0.583. The molecular formula is C12H20N4O2S. The van der Waals surface area contributed by atoms with E-state index in [4.69, 9.17) is 0 Å². The number of aromatic nitrogens is 2. The Morgan fingerprint density at radius 2 is 2.11 bits per heavy atom. The van der Waals surface area contributed by atoms with Crippen molar-refractivity contribution in [2.24, 2.45) is 0 Å². The predicted octanol–water partition coefficient (Wildman–Crippen LogP) is 0.747. The third-order valence-electron chi connectivity index (χ3n) is 2.71. The molecule has 7 heteroatoms. The summed E-state index contributed by atoms with van der Waals surface area (Å²) in [6.45, 7) is 2.62. The Morgan fingerprint density at radius 3 is 2.58 bits per heavy atom. The Kier molecular flexibility index (Phi) is 5.88. The zero-order chi connectivity index (χ0) is 14.4. The molecule has 1 N–H and O–H groups in total. The van der Waals surface area contributed by atoms with Gasteiger partial charge in [-0.05, 0) is 18.6 Å². The second kappa shape index (κ2) is 7.18. The third-order valence-corrected chi connectivity index (χ3v) is 4.08. The molecule has 0 aliphatic carbocycles. The van der Waals surface area contributed by atoms with E-state index in [9.17, 15) is 9.00 Å². The summed E-state index contributed by atoms with van der Waals surface area (Å²) in [6, 6.07) is 3.36. The first kappa shape index (κ1) is 15.6. The van der Waals surface area contributed by atoms with Crippen LogP contribution in [0, 0.1) is 0 Å². The van der Waals surface area contributed by atoms with Crippen molar-refractivity contribution in [3.63, 3.8) is 0 Å². The minimum atomic E-state index is -0.810. The molecule has 0 spiro atoms. The molecule has 6 nitrogen and oxygen atoms in total. The summed E-state index contributed by atoms with van der Waals surface area (Å²) in [6.07, 6.45) is 2.50. The Labute approximate surface area is 116 Å². The van der Waals surface area contributed by atoms with Gasteiger partial charge in [0.25, 0.3) is 5.91 Å². The van der Waals surface area contributed by atoms with Crippen molar-refractivity contribution in [3.8, 4) is 0 Å². The molecule has 0 saturated carbocycles. The van der Waals surface area contributed by atoms with Gasteiger partial charge in [-0.25, -0.2) is 0 Å². The molecule has 1 amide bonds. The summed E-state index contributed by atoms with van der Waals surface area (Å²) in [7, 11) is 2.53. The van der Waals surface area contributed by atoms with E-state index < -0.39 is 10.8 Å². The maximum Gasteiger partial charge on any atom is 0.273 e. The van der Waals surface area contributed by atoms with Gasteiger partial charge in [0.05, 0.1) is 0 Å². The fourth-order valence-electron chi connectivity index (χ4n) is 1.34. The normalized spacial score (nSPS) is 13.7. The molecule has 0 radical (unpaired) electrons. The molecule has 0 aliphatic heterocycles. The number of nitrogens with one attached hydrogen (secondary N) is 1. The van der Waals surface area contributed by atoms with Crippen LogP contribution in [0.25, 0.3) is 0 Å². The van der Waals surface area contributed by atoms with Crippen LogP contribution in [0.2, 0.25) is 0 Å². The first-order chi connectivity index (χ1) is 8.91. The van der Waals surface area contributed by atoms with Crippen LogP contribution in [0.5, 0.6) is 0 Å². The first-order valence-corrected chi connectivity index (χ1v) is 7.65. The second-order valence-electron chi connectivity index (χ2n) is 4.53. The van der Waals surface area contributed by atoms with Crippen LogP contribution in [0.4, 0.5) is 5.82 Å². The van der Waals surface area contributed by atoms with Crippen LogP contribution in [-0.4, -0.2) is 57.4 Å². The van der Waals surface area contributed by atoms with Crippen molar-refractivity contribution < 1.29 is 9.00 Å². The van der Waals surface area contributed by atoms with Crippen LogP contribution >= 0.6 is 0 Å². The van der Waals surface area contributed by atoms with Crippen LogP contribution < -0.4 is 5.32 Å². The van der Waals surface area contributed by atoms with Crippen molar-refractivity contribution >= 4 is 22.5 Å². The standard InChI is InChI=1S/C12H20N4O2S/c1-9(19(4)18)7-8-13-11-6-5-10(14-15-11)12(17)16(2)3/h5-6,9H,7-8H2,1-4H3,(H,13,15). The van der Waals surface area contributed by atoms with Crippen molar-refractivity contribution in [2.75, 3.05) is 32.2 Å². The predicted molar refractivity (Wildman–Crippen MR) is 76.7 cm³/mol. The zero-order valence-electron chi connectivity index (χ0n) is 11.7. The number of rotatable bonds is 6. The van der Waals surface area contributed by atoms with E-state index in [-0.39, 0.29) is 11.2 Å². The number of hydrogen-bond acceptors (Lipinski definition) is 5. The number of anilines is 1. The van der Waals surface area contributed by atoms with E-state index in [0.717, 1.165) is 6.42 Å². The molecular weight excluding hydrogens is 264 g/mol. The summed E-state index contributed by atoms with van der Waals surface area (Å²) in [4.78, 5) is 13.1. The van der Waals surface area contributed by atoms with Gasteiger partial charge in [-0.3, -0.25) is 9.00 Å². The van der Waals surface area contributed by atoms with E-state index >= 15 is 0 Å². The van der Waals surface area contributed by atoms with Gasteiger partial charge in [-0.2, -0.15) is 0 Å². The van der Waals surface area contributed by atoms with Crippen molar-refractivity contribution in [1.29, 1.82) is 0 Å². The lowest BCUT2D eigenvalue weighted by molar-refractivity contribution is 0.0821. The summed E-state index contributed by atoms with van der Waals surface area (Å²) in [5, 5.41) is 11.0. The number of amides is 1. The van der Waals surface area contributed by atoms with Crippen LogP contribution in [0.1, 0.15) is 23.8 Å². The highest BCUT2D eigenvalue weighted by atomic mass is 32.2. The van der Waals surface area contributed by atoms with E-state index in [2.05, 4.69) is 15.5 Å². The highest BCUT2D eigenvalue weighted by molar-refractivity contribution is 7.84. The highest BCUT2D eigenvalue weighted by Gasteiger charge is 2.10. The highest BCUT2D eigenvalue weighted by Crippen LogP contribution is 2.05. The number of nitrogens with zero attached hydrogens (tertiary/aromatic N) is 3. The van der Waals surface area contributed by atoms with Crippen LogP contribution in [0.3, 0.4) is 0 Å². The molecule has 0 saturated heterocycles. The molecule has 0 aliphatic rings. The third kappa shape index (κ3) is 4.94. The van der Waals surface area contributed by atoms with Gasteiger partial charge in [0.15, 0.2) is 5.69 Å². The van der Waals surface area contributed by atoms with Crippen molar-refractivity contribution in [3.05, 3.63) is 17.8 Å². The number of hydrogen-bond donors (Lipinski definition) is 1. The minimum Gasteiger partial charge on any atom is -0.369 e. The second-order valence-corrected chi connectivity index (χ2v) is 6.33. The van der Waals surface area contributed by atoms with Gasteiger partial charge in [0, 0.05) is 42.9 Å². The van der Waals surface area contributed by atoms with Gasteiger partial charge in [0.2, 0.25) is 0 Å². The maximum absolute atomic E-state index is 11.6. The summed E-state index contributed by atoms with van der Waals surface area (Å²) >= 11 is 0. The van der Waals surface area contributed by atoms with Gasteiger partial charge >= 0.3 is 0 Å². The van der Waals surface area contributed by atoms with Gasteiger partial charge in [-0.1, -0.05) is 6.92 Å². The molecule has 0 fully saturated rings. The lowest BCUT2D eigenvalue weighted by Gasteiger charge is -2.10. The maximum atomic E-state index is 11.6. The number of carbonyl (C=O) groups is 1. The smallest absolute Gasteiger partial charge is 0.273 e. The molecule has 2 unspecified atom stereocenters. The Balaban J connectivity index is 2.49. The monoisotopic (exact) mass is 284 g/mol. The van der Waals surface area contributed by atoms with Crippen LogP contribution in [0.15, 0.2) is 12.1 Å². The quantitative estimate of drug-likeness (QED) is 0.834. The summed E-state index contributed by atoms with van der Waals surface area (Å²) < 4.78 is 11.2. The van der Waals surface area contributed by atoms with E-state index in [1.165, 1.54) is 4.90 Å². The Bertz CT molecular complexity index is 448. The largest absolute Gasteiger partial charge is 0.369 e. The molecule has 1 aromatic rings. The molecule has 2 atom stereocenters. The number of carbonyl (C=O) groups excluding carboxylic acids is 1. The minimum absolute atomic E-state index is 0.148. The van der Waals surface area contributed by atoms with Crippen molar-refractivity contribution in [2.45, 2.75) is 18.6 Å². The van der Waals surface area contributed by atoms with E-state index in [0.29, 0.717) is 18.1 Å². The SMILES string of the molecule is CC(CCNc1ccc(C(=O)N(C)C)nn1)S(C)=O. The fourth-order valence-corrected chi connectivity index (χ4v) is 1.79. The van der Waals surface area contributed by atoms with E-state index in [1.807, 2.05) is 6.92 Å². The summed E-state index contributed by atoms with van der Waals surface area (Å²) in [5.41, 5.74) is 0.318. The average Bonchev–Trinajstić information content (AvgIpc) is 2.38. The molecule has 19 heavy (non-hydrogen) atoms. The first-order valence-electron chi connectivity index (χ1n) is 6.03. The van der Waals surface area contributed by atoms with Gasteiger partial charge < -0.3 is 10.2 Å². The van der Waals surface area contributed by atoms with Crippen molar-refractivity contribution in [1.82, 2.24) is 15.1 Å². The molecule has 0 bridgehead atoms. The summed E-state index contributed by atoms with van der Waals surface area (Å²) in [5.74, 6) is 0.443. The van der Waals surface area contributed by atoms with Gasteiger partial charge in [-0.15, -0.1) is 10.2 Å². The zero-order valence-corrected chi connectivity index (χ0v) is 12.5. The molecule has 106 valence electrons. The lowest BCUT2D eigenvalue weighted by atomic mass is 10.3. The average molecular weight is 284 g/mol.